The summed E-state index contributed by atoms with van der Waals surface area (Å²) in [5.74, 6) is 0. The van der Waals surface area contributed by atoms with Crippen molar-refractivity contribution in [1.29, 1.82) is 0 Å². The Morgan fingerprint density at radius 2 is 2.08 bits per heavy atom. The van der Waals surface area contributed by atoms with E-state index in [9.17, 15) is 4.79 Å². The second-order valence-corrected chi connectivity index (χ2v) is 3.81. The molecule has 0 aliphatic heterocycles. The first-order valence-corrected chi connectivity index (χ1v) is 5.20. The maximum Gasteiger partial charge on any atom is 0.150 e. The van der Waals surface area contributed by atoms with Gasteiger partial charge in [-0.15, -0.1) is 0 Å². The highest BCUT2D eigenvalue weighted by atomic mass is 32.2. The SMILES string of the molecule is CSN(C)c1cc(C)cc(C=O)c1. The van der Waals surface area contributed by atoms with Crippen LogP contribution in [-0.2, 0) is 0 Å². The lowest BCUT2D eigenvalue weighted by Crippen LogP contribution is -2.05. The Morgan fingerprint density at radius 1 is 1.38 bits per heavy atom. The molecule has 0 atom stereocenters. The highest BCUT2D eigenvalue weighted by Gasteiger charge is 2.01. The zero-order valence-corrected chi connectivity index (χ0v) is 8.89. The van der Waals surface area contributed by atoms with Crippen LogP contribution in [-0.4, -0.2) is 19.6 Å². The van der Waals surface area contributed by atoms with E-state index in [0.29, 0.717) is 0 Å². The molecule has 0 aliphatic rings. The molecule has 0 radical (unpaired) electrons. The molecule has 0 N–H and O–H groups in total. The number of benzene rings is 1. The van der Waals surface area contributed by atoms with Crippen molar-refractivity contribution in [3.05, 3.63) is 29.3 Å². The van der Waals surface area contributed by atoms with E-state index in [1.54, 1.807) is 11.9 Å². The Labute approximate surface area is 83.1 Å². The molecule has 0 saturated heterocycles. The standard InChI is InChI=1S/C10H13NOS/c1-8-4-9(7-12)6-10(5-8)11(2)13-3/h4-7H,1-3H3. The summed E-state index contributed by atoms with van der Waals surface area (Å²) in [7, 11) is 1.98. The van der Waals surface area contributed by atoms with Crippen LogP contribution in [0.1, 0.15) is 15.9 Å². The molecule has 0 spiro atoms. The van der Waals surface area contributed by atoms with E-state index in [2.05, 4.69) is 6.07 Å². The number of aldehydes is 1. The molecule has 0 saturated carbocycles. The van der Waals surface area contributed by atoms with Crippen LogP contribution < -0.4 is 4.31 Å². The fraction of sp³-hybridized carbons (Fsp3) is 0.300. The summed E-state index contributed by atoms with van der Waals surface area (Å²) < 4.78 is 2.03. The van der Waals surface area contributed by atoms with Crippen LogP contribution in [0.3, 0.4) is 0 Å². The number of hydrogen-bond donors (Lipinski definition) is 0. The Hall–Kier alpha value is -0.960. The van der Waals surface area contributed by atoms with Crippen molar-refractivity contribution in [3.8, 4) is 0 Å². The van der Waals surface area contributed by atoms with Gasteiger partial charge in [0.2, 0.25) is 0 Å². The molecule has 0 fully saturated rings. The molecule has 1 aromatic rings. The summed E-state index contributed by atoms with van der Waals surface area (Å²) in [6.07, 6.45) is 2.88. The summed E-state index contributed by atoms with van der Waals surface area (Å²) in [6, 6.07) is 5.82. The van der Waals surface area contributed by atoms with Gasteiger partial charge in [-0.05, 0) is 30.7 Å². The van der Waals surface area contributed by atoms with Crippen LogP contribution in [0.25, 0.3) is 0 Å². The largest absolute Gasteiger partial charge is 0.319 e. The maximum atomic E-state index is 10.6. The van der Waals surface area contributed by atoms with E-state index in [0.717, 1.165) is 23.1 Å². The van der Waals surface area contributed by atoms with Crippen LogP contribution in [0.4, 0.5) is 5.69 Å². The molecule has 0 unspecified atom stereocenters. The first kappa shape index (κ1) is 10.1. The molecule has 0 bridgehead atoms. The second kappa shape index (κ2) is 4.33. The summed E-state index contributed by atoms with van der Waals surface area (Å²) >= 11 is 1.62. The minimum atomic E-state index is 0.732. The maximum absolute atomic E-state index is 10.6. The third-order valence-electron chi connectivity index (χ3n) is 1.86. The van der Waals surface area contributed by atoms with Gasteiger partial charge in [-0.25, -0.2) is 0 Å². The molecule has 1 rings (SSSR count). The molecule has 1 aromatic carbocycles. The lowest BCUT2D eigenvalue weighted by molar-refractivity contribution is 0.112. The molecular formula is C10H13NOS. The first-order valence-electron chi connectivity index (χ1n) is 4.02. The van der Waals surface area contributed by atoms with Gasteiger partial charge >= 0.3 is 0 Å². The van der Waals surface area contributed by atoms with Gasteiger partial charge in [0.15, 0.2) is 0 Å². The van der Waals surface area contributed by atoms with Crippen LogP contribution >= 0.6 is 11.9 Å². The zero-order valence-electron chi connectivity index (χ0n) is 8.07. The van der Waals surface area contributed by atoms with Crippen molar-refractivity contribution in [1.82, 2.24) is 0 Å². The molecule has 70 valence electrons. The molecule has 0 aromatic heterocycles. The zero-order chi connectivity index (χ0) is 9.84. The summed E-state index contributed by atoms with van der Waals surface area (Å²) in [4.78, 5) is 10.6. The van der Waals surface area contributed by atoms with Gasteiger partial charge in [0, 0.05) is 24.6 Å². The van der Waals surface area contributed by atoms with Gasteiger partial charge in [0.25, 0.3) is 0 Å². The minimum Gasteiger partial charge on any atom is -0.319 e. The van der Waals surface area contributed by atoms with Gasteiger partial charge in [-0.2, -0.15) is 0 Å². The van der Waals surface area contributed by atoms with Crippen LogP contribution in [0.5, 0.6) is 0 Å². The monoisotopic (exact) mass is 195 g/mol. The lowest BCUT2D eigenvalue weighted by atomic mass is 10.1. The van der Waals surface area contributed by atoms with Gasteiger partial charge in [-0.3, -0.25) is 4.79 Å². The number of anilines is 1. The Balaban J connectivity index is 3.07. The predicted molar refractivity (Wildman–Crippen MR) is 58.5 cm³/mol. The Morgan fingerprint density at radius 3 is 2.62 bits per heavy atom. The average Bonchev–Trinajstić information content (AvgIpc) is 2.15. The fourth-order valence-corrected chi connectivity index (χ4v) is 1.46. The second-order valence-electron chi connectivity index (χ2n) is 2.90. The van der Waals surface area contributed by atoms with Crippen LogP contribution in [0.15, 0.2) is 18.2 Å². The van der Waals surface area contributed by atoms with Crippen molar-refractivity contribution in [2.24, 2.45) is 0 Å². The van der Waals surface area contributed by atoms with Crippen molar-refractivity contribution >= 4 is 23.9 Å². The molecule has 0 heterocycles. The number of carbonyl (C=O) groups is 1. The average molecular weight is 195 g/mol. The normalized spacial score (nSPS) is 9.77. The fourth-order valence-electron chi connectivity index (χ4n) is 1.15. The Bertz CT molecular complexity index is 312. The topological polar surface area (TPSA) is 20.3 Å². The molecule has 13 heavy (non-hydrogen) atoms. The molecule has 0 amide bonds. The van der Waals surface area contributed by atoms with Gasteiger partial charge < -0.3 is 4.31 Å². The van der Waals surface area contributed by atoms with Crippen LogP contribution in [0.2, 0.25) is 0 Å². The molecular weight excluding hydrogens is 182 g/mol. The number of aryl methyl sites for hydroxylation is 1. The summed E-state index contributed by atoms with van der Waals surface area (Å²) in [5, 5.41) is 0. The number of carbonyl (C=O) groups excluding carboxylic acids is 1. The van der Waals surface area contributed by atoms with E-state index < -0.39 is 0 Å². The number of hydrogen-bond acceptors (Lipinski definition) is 3. The van der Waals surface area contributed by atoms with Crippen molar-refractivity contribution in [3.63, 3.8) is 0 Å². The van der Waals surface area contributed by atoms with Crippen molar-refractivity contribution in [2.75, 3.05) is 17.6 Å². The van der Waals surface area contributed by atoms with E-state index in [4.69, 9.17) is 0 Å². The smallest absolute Gasteiger partial charge is 0.150 e. The summed E-state index contributed by atoms with van der Waals surface area (Å²) in [6.45, 7) is 1.99. The van der Waals surface area contributed by atoms with E-state index in [-0.39, 0.29) is 0 Å². The highest BCUT2D eigenvalue weighted by Crippen LogP contribution is 2.21. The number of nitrogens with zero attached hydrogens (tertiary/aromatic N) is 1. The third kappa shape index (κ3) is 2.49. The van der Waals surface area contributed by atoms with Gasteiger partial charge in [0.1, 0.15) is 6.29 Å². The quantitative estimate of drug-likeness (QED) is 0.546. The van der Waals surface area contributed by atoms with Gasteiger partial charge in [0.05, 0.1) is 0 Å². The Kier molecular flexibility index (Phi) is 3.37. The van der Waals surface area contributed by atoms with Crippen molar-refractivity contribution < 1.29 is 4.79 Å². The van der Waals surface area contributed by atoms with E-state index >= 15 is 0 Å². The minimum absolute atomic E-state index is 0.732. The number of rotatable bonds is 3. The molecule has 0 aliphatic carbocycles. The highest BCUT2D eigenvalue weighted by molar-refractivity contribution is 7.99. The first-order chi connectivity index (χ1) is 6.17. The molecule has 2 nitrogen and oxygen atoms in total. The van der Waals surface area contributed by atoms with Crippen molar-refractivity contribution in [2.45, 2.75) is 6.92 Å². The third-order valence-corrected chi connectivity index (χ3v) is 2.62. The predicted octanol–water partition coefficient (Wildman–Crippen LogP) is 2.52. The summed E-state index contributed by atoms with van der Waals surface area (Å²) in [5.41, 5.74) is 2.91. The molecule has 3 heteroatoms. The lowest BCUT2D eigenvalue weighted by Gasteiger charge is -2.16. The van der Waals surface area contributed by atoms with Crippen LogP contribution in [0, 0.1) is 6.92 Å². The van der Waals surface area contributed by atoms with E-state index in [1.807, 2.05) is 36.7 Å². The van der Waals surface area contributed by atoms with E-state index in [1.165, 1.54) is 0 Å². The van der Waals surface area contributed by atoms with Gasteiger partial charge in [-0.1, -0.05) is 11.9 Å².